The molecule has 1 aliphatic rings. The number of nitro benzene ring substituents is 1. The summed E-state index contributed by atoms with van der Waals surface area (Å²) in [6, 6.07) is 1.25. The number of benzene rings is 1. The van der Waals surface area contributed by atoms with Crippen LogP contribution in [0.1, 0.15) is 43.7 Å². The maximum atomic E-state index is 13.4. The van der Waals surface area contributed by atoms with Crippen LogP contribution in [-0.4, -0.2) is 10.0 Å². The molecule has 112 valence electrons. The molecular weight excluding hydrogens is 287 g/mol. The second-order valence-corrected chi connectivity index (χ2v) is 5.04. The first kappa shape index (κ1) is 16.7. The lowest BCUT2D eigenvalue weighted by atomic mass is 9.81. The van der Waals surface area contributed by atoms with Crippen LogP contribution >= 0.6 is 12.4 Å². The Labute approximate surface area is 122 Å². The third-order valence-corrected chi connectivity index (χ3v) is 3.80. The fourth-order valence-corrected chi connectivity index (χ4v) is 2.75. The molecule has 0 saturated heterocycles. The number of hydrogen-bond acceptors (Lipinski definition) is 4. The van der Waals surface area contributed by atoms with Gasteiger partial charge in [0.05, 0.1) is 11.0 Å². The van der Waals surface area contributed by atoms with Crippen molar-refractivity contribution in [3.63, 3.8) is 0 Å². The van der Waals surface area contributed by atoms with Gasteiger partial charge in [0.25, 0.3) is 0 Å². The molecule has 20 heavy (non-hydrogen) atoms. The van der Waals surface area contributed by atoms with Crippen LogP contribution in [0.15, 0.2) is 12.1 Å². The highest BCUT2D eigenvalue weighted by Gasteiger charge is 2.28. The lowest BCUT2D eigenvalue weighted by molar-refractivity contribution is -0.386. The Morgan fingerprint density at radius 3 is 2.50 bits per heavy atom. The van der Waals surface area contributed by atoms with Gasteiger partial charge in [0.2, 0.25) is 0 Å². The van der Waals surface area contributed by atoms with Crippen molar-refractivity contribution in [3.8, 4) is 5.75 Å². The normalized spacial score (nSPS) is 17.3. The van der Waals surface area contributed by atoms with Gasteiger partial charge in [-0.1, -0.05) is 19.3 Å². The van der Waals surface area contributed by atoms with Gasteiger partial charge in [-0.3, -0.25) is 10.1 Å². The van der Waals surface area contributed by atoms with E-state index < -0.39 is 28.2 Å². The van der Waals surface area contributed by atoms with Crippen molar-refractivity contribution in [2.75, 3.05) is 0 Å². The molecule has 5 nitrogen and oxygen atoms in total. The fraction of sp³-hybridized carbons (Fsp3) is 0.538. The molecule has 1 fully saturated rings. The summed E-state index contributed by atoms with van der Waals surface area (Å²) in [6.07, 6.45) is 5.07. The molecular formula is C13H18ClFN2O3. The van der Waals surface area contributed by atoms with Crippen LogP contribution in [0.3, 0.4) is 0 Å². The minimum absolute atomic E-state index is 0. The third-order valence-electron chi connectivity index (χ3n) is 3.80. The maximum Gasteiger partial charge on any atom is 0.313 e. The van der Waals surface area contributed by atoms with Crippen LogP contribution < -0.4 is 5.73 Å². The first-order valence-corrected chi connectivity index (χ1v) is 6.43. The van der Waals surface area contributed by atoms with Crippen molar-refractivity contribution in [3.05, 3.63) is 33.6 Å². The van der Waals surface area contributed by atoms with E-state index in [4.69, 9.17) is 5.73 Å². The van der Waals surface area contributed by atoms with Crippen molar-refractivity contribution in [2.45, 2.75) is 38.1 Å². The third kappa shape index (κ3) is 3.37. The zero-order valence-electron chi connectivity index (χ0n) is 10.9. The Balaban J connectivity index is 0.00000200. The summed E-state index contributed by atoms with van der Waals surface area (Å²) in [5.41, 5.74) is 5.57. The zero-order chi connectivity index (χ0) is 14.0. The smallest absolute Gasteiger partial charge is 0.313 e. The first-order valence-electron chi connectivity index (χ1n) is 6.43. The van der Waals surface area contributed by atoms with Crippen LogP contribution in [0, 0.1) is 21.8 Å². The van der Waals surface area contributed by atoms with Gasteiger partial charge in [-0.05, 0) is 24.8 Å². The van der Waals surface area contributed by atoms with E-state index in [9.17, 15) is 19.6 Å². The van der Waals surface area contributed by atoms with Crippen molar-refractivity contribution < 1.29 is 14.4 Å². The molecule has 0 radical (unpaired) electrons. The van der Waals surface area contributed by atoms with Gasteiger partial charge in [-0.15, -0.1) is 12.4 Å². The monoisotopic (exact) mass is 304 g/mol. The molecule has 1 aromatic rings. The van der Waals surface area contributed by atoms with E-state index >= 15 is 0 Å². The summed E-state index contributed by atoms with van der Waals surface area (Å²) in [4.78, 5) is 9.97. The van der Waals surface area contributed by atoms with Gasteiger partial charge in [-0.2, -0.15) is 0 Å². The van der Waals surface area contributed by atoms with Crippen molar-refractivity contribution >= 4 is 18.1 Å². The highest BCUT2D eigenvalue weighted by molar-refractivity contribution is 5.85. The second kappa shape index (κ2) is 6.85. The van der Waals surface area contributed by atoms with Gasteiger partial charge in [-0.25, -0.2) is 4.39 Å². The van der Waals surface area contributed by atoms with Crippen LogP contribution in [0.5, 0.6) is 5.75 Å². The Kier molecular flexibility index (Phi) is 5.71. The highest BCUT2D eigenvalue weighted by atomic mass is 35.5. The largest absolute Gasteiger partial charge is 0.502 e. The average molecular weight is 305 g/mol. The number of aromatic hydroxyl groups is 1. The predicted octanol–water partition coefficient (Wildman–Crippen LogP) is 3.44. The van der Waals surface area contributed by atoms with Gasteiger partial charge in [0, 0.05) is 11.6 Å². The second-order valence-electron chi connectivity index (χ2n) is 5.04. The molecule has 1 atom stereocenters. The number of phenols is 1. The number of nitrogens with zero attached hydrogens (tertiary/aromatic N) is 1. The summed E-state index contributed by atoms with van der Waals surface area (Å²) in [6.45, 7) is 0. The number of hydrogen-bond donors (Lipinski definition) is 2. The van der Waals surface area contributed by atoms with Crippen LogP contribution in [-0.2, 0) is 0 Å². The summed E-state index contributed by atoms with van der Waals surface area (Å²) in [5.74, 6) is -1.11. The molecule has 3 N–H and O–H groups in total. The summed E-state index contributed by atoms with van der Waals surface area (Å²) in [7, 11) is 0. The Morgan fingerprint density at radius 2 is 1.95 bits per heavy atom. The topological polar surface area (TPSA) is 89.4 Å². The Morgan fingerprint density at radius 1 is 1.35 bits per heavy atom. The molecule has 1 aromatic carbocycles. The number of halogens is 2. The average Bonchev–Trinajstić information content (AvgIpc) is 2.41. The van der Waals surface area contributed by atoms with E-state index in [0.717, 1.165) is 38.2 Å². The van der Waals surface area contributed by atoms with E-state index in [1.807, 2.05) is 0 Å². The van der Waals surface area contributed by atoms with E-state index in [0.29, 0.717) is 6.07 Å². The fourth-order valence-electron chi connectivity index (χ4n) is 2.75. The summed E-state index contributed by atoms with van der Waals surface area (Å²) >= 11 is 0. The molecule has 0 amide bonds. The van der Waals surface area contributed by atoms with Crippen molar-refractivity contribution in [1.82, 2.24) is 0 Å². The SMILES string of the molecule is Cl.N[C@H](c1cc(F)cc([N+](=O)[O-])c1O)C1CCCCC1. The molecule has 2 rings (SSSR count). The van der Waals surface area contributed by atoms with Crippen molar-refractivity contribution in [1.29, 1.82) is 0 Å². The molecule has 0 aliphatic heterocycles. The molecule has 1 aliphatic carbocycles. The Bertz CT molecular complexity index is 493. The number of nitrogens with two attached hydrogens (primary N) is 1. The first-order chi connectivity index (χ1) is 9.00. The van der Waals surface area contributed by atoms with Gasteiger partial charge in [0.1, 0.15) is 5.82 Å². The van der Waals surface area contributed by atoms with Crippen LogP contribution in [0.25, 0.3) is 0 Å². The lowest BCUT2D eigenvalue weighted by Gasteiger charge is -2.28. The molecule has 7 heteroatoms. The summed E-state index contributed by atoms with van der Waals surface area (Å²) in [5, 5.41) is 20.7. The minimum atomic E-state index is -0.796. The zero-order valence-corrected chi connectivity index (χ0v) is 11.7. The molecule has 0 unspecified atom stereocenters. The standard InChI is InChI=1S/C13H17FN2O3.ClH/c14-9-6-10(13(17)11(7-9)16(18)19)12(15)8-4-2-1-3-5-8;/h6-8,12,17H,1-5,15H2;1H/t12-;/m0./s1. The predicted molar refractivity (Wildman–Crippen MR) is 75.5 cm³/mol. The molecule has 0 bridgehead atoms. The lowest BCUT2D eigenvalue weighted by Crippen LogP contribution is -2.24. The quantitative estimate of drug-likeness (QED) is 0.661. The highest BCUT2D eigenvalue weighted by Crippen LogP contribution is 2.40. The van der Waals surface area contributed by atoms with Gasteiger partial charge in [0.15, 0.2) is 5.75 Å². The Hall–Kier alpha value is -1.40. The van der Waals surface area contributed by atoms with E-state index in [-0.39, 0.29) is 23.9 Å². The van der Waals surface area contributed by atoms with Crippen molar-refractivity contribution in [2.24, 2.45) is 11.7 Å². The maximum absolute atomic E-state index is 13.4. The number of nitro groups is 1. The molecule has 0 aromatic heterocycles. The van der Waals surface area contributed by atoms with Gasteiger partial charge < -0.3 is 10.8 Å². The van der Waals surface area contributed by atoms with Crippen LogP contribution in [0.2, 0.25) is 0 Å². The minimum Gasteiger partial charge on any atom is -0.502 e. The molecule has 0 heterocycles. The molecule has 1 saturated carbocycles. The number of phenolic OH excluding ortho intramolecular Hbond substituents is 1. The van der Waals surface area contributed by atoms with E-state index in [1.165, 1.54) is 0 Å². The summed E-state index contributed by atoms with van der Waals surface area (Å²) < 4.78 is 13.4. The van der Waals surface area contributed by atoms with Crippen LogP contribution in [0.4, 0.5) is 10.1 Å². The van der Waals surface area contributed by atoms with E-state index in [2.05, 4.69) is 0 Å². The number of rotatable bonds is 3. The molecule has 0 spiro atoms. The van der Waals surface area contributed by atoms with E-state index in [1.54, 1.807) is 0 Å². The van der Waals surface area contributed by atoms with Gasteiger partial charge >= 0.3 is 5.69 Å².